The molecule has 0 fully saturated rings. The quantitative estimate of drug-likeness (QED) is 0.0199. The molecule has 1 unspecified atom stereocenters. The monoisotopic (exact) mass is 879 g/mol. The molecule has 63 heavy (non-hydrogen) atoms. The Morgan fingerprint density at radius 2 is 0.619 bits per heavy atom. The van der Waals surface area contributed by atoms with Gasteiger partial charge in [-0.2, -0.15) is 0 Å². The molecular weight excluding hydrogens is 781 g/mol. The zero-order valence-electron chi connectivity index (χ0n) is 41.3. The van der Waals surface area contributed by atoms with Gasteiger partial charge in [-0.1, -0.05) is 241 Å². The first-order valence-corrected chi connectivity index (χ1v) is 26.5. The number of unbranched alkanes of at least 4 members (excludes halogenated alkanes) is 28. The Labute approximate surface area is 389 Å². The van der Waals surface area contributed by atoms with E-state index in [-0.39, 0.29) is 31.1 Å². The molecule has 6 heteroatoms. The molecule has 0 radical (unpaired) electrons. The summed E-state index contributed by atoms with van der Waals surface area (Å²) in [6, 6.07) is 0. The van der Waals surface area contributed by atoms with Crippen LogP contribution in [0, 0.1) is 0 Å². The smallest absolute Gasteiger partial charge is 0.306 e. The summed E-state index contributed by atoms with van der Waals surface area (Å²) in [6.07, 6.45) is 64.5. The molecule has 0 saturated carbocycles. The Morgan fingerprint density at radius 1 is 0.317 bits per heavy atom. The predicted molar refractivity (Wildman–Crippen MR) is 270 cm³/mol. The van der Waals surface area contributed by atoms with Crippen molar-refractivity contribution in [2.75, 3.05) is 13.2 Å². The van der Waals surface area contributed by atoms with E-state index in [1.807, 2.05) is 24.3 Å². The van der Waals surface area contributed by atoms with Crippen molar-refractivity contribution in [3.63, 3.8) is 0 Å². The molecule has 0 N–H and O–H groups in total. The van der Waals surface area contributed by atoms with Crippen molar-refractivity contribution >= 4 is 17.9 Å². The van der Waals surface area contributed by atoms with Gasteiger partial charge in [0.25, 0.3) is 0 Å². The largest absolute Gasteiger partial charge is 0.462 e. The number of hydrogen-bond acceptors (Lipinski definition) is 6. The molecule has 0 aromatic carbocycles. The maximum Gasteiger partial charge on any atom is 0.306 e. The minimum Gasteiger partial charge on any atom is -0.462 e. The van der Waals surface area contributed by atoms with Gasteiger partial charge in [-0.25, -0.2) is 0 Å². The fourth-order valence-electron chi connectivity index (χ4n) is 7.29. The molecule has 0 bridgehead atoms. The Bertz CT molecular complexity index is 1190. The lowest BCUT2D eigenvalue weighted by Crippen LogP contribution is -2.30. The maximum atomic E-state index is 12.8. The number of rotatable bonds is 47. The van der Waals surface area contributed by atoms with Gasteiger partial charge in [0, 0.05) is 19.3 Å². The van der Waals surface area contributed by atoms with Gasteiger partial charge in [0.15, 0.2) is 6.10 Å². The van der Waals surface area contributed by atoms with E-state index >= 15 is 0 Å². The first-order valence-electron chi connectivity index (χ1n) is 26.5. The van der Waals surface area contributed by atoms with E-state index in [0.717, 1.165) is 96.3 Å². The summed E-state index contributed by atoms with van der Waals surface area (Å²) < 4.78 is 16.8. The van der Waals surface area contributed by atoms with Crippen LogP contribution < -0.4 is 0 Å². The summed E-state index contributed by atoms with van der Waals surface area (Å²) in [5, 5.41) is 0. The van der Waals surface area contributed by atoms with Crippen molar-refractivity contribution in [2.45, 2.75) is 258 Å². The maximum absolute atomic E-state index is 12.8. The van der Waals surface area contributed by atoms with Crippen LogP contribution in [-0.4, -0.2) is 37.2 Å². The lowest BCUT2D eigenvalue weighted by Gasteiger charge is -2.18. The van der Waals surface area contributed by atoms with Crippen molar-refractivity contribution < 1.29 is 28.6 Å². The SMILES string of the molecule is CCC\C=C/C=C\C=C/C=C\C=C/CCCCCCCC(=O)OCC(COC(=O)CCCCCCCCCCCCC)OC(=O)CCCCCCC/C=C\CCCCCCCCC. The van der Waals surface area contributed by atoms with Gasteiger partial charge >= 0.3 is 17.9 Å². The lowest BCUT2D eigenvalue weighted by atomic mass is 10.1. The van der Waals surface area contributed by atoms with E-state index in [4.69, 9.17) is 14.2 Å². The van der Waals surface area contributed by atoms with Gasteiger partial charge in [-0.3, -0.25) is 14.4 Å². The van der Waals surface area contributed by atoms with Crippen molar-refractivity contribution in [1.82, 2.24) is 0 Å². The van der Waals surface area contributed by atoms with Crippen LogP contribution in [0.2, 0.25) is 0 Å². The fraction of sp³-hybridized carbons (Fsp3) is 0.737. The van der Waals surface area contributed by atoms with Gasteiger partial charge in [-0.05, 0) is 64.2 Å². The van der Waals surface area contributed by atoms with Gasteiger partial charge in [0.1, 0.15) is 13.2 Å². The van der Waals surface area contributed by atoms with Crippen molar-refractivity contribution in [3.05, 3.63) is 72.9 Å². The predicted octanol–water partition coefficient (Wildman–Crippen LogP) is 17.4. The van der Waals surface area contributed by atoms with Crippen LogP contribution in [0.1, 0.15) is 252 Å². The highest BCUT2D eigenvalue weighted by Crippen LogP contribution is 2.15. The first kappa shape index (κ1) is 59.9. The minimum absolute atomic E-state index is 0.0857. The summed E-state index contributed by atoms with van der Waals surface area (Å²) >= 11 is 0. The molecule has 0 aromatic heterocycles. The molecule has 0 aliphatic heterocycles. The fourth-order valence-corrected chi connectivity index (χ4v) is 7.29. The molecule has 0 spiro atoms. The third kappa shape index (κ3) is 49.7. The van der Waals surface area contributed by atoms with Crippen molar-refractivity contribution in [1.29, 1.82) is 0 Å². The second kappa shape index (κ2) is 51.5. The zero-order chi connectivity index (χ0) is 45.8. The summed E-state index contributed by atoms with van der Waals surface area (Å²) in [4.78, 5) is 38.0. The second-order valence-electron chi connectivity index (χ2n) is 17.6. The first-order chi connectivity index (χ1) is 31.0. The molecule has 0 heterocycles. The number of esters is 3. The highest BCUT2D eigenvalue weighted by atomic mass is 16.6. The van der Waals surface area contributed by atoms with E-state index in [1.165, 1.54) is 116 Å². The topological polar surface area (TPSA) is 78.9 Å². The van der Waals surface area contributed by atoms with E-state index in [1.54, 1.807) is 0 Å². The summed E-state index contributed by atoms with van der Waals surface area (Å²) in [5.74, 6) is -0.917. The average molecular weight is 879 g/mol. The standard InChI is InChI=1S/C57H98O6/c1-4-7-10-13-16-19-22-24-26-28-29-31-32-35-38-41-44-47-50-56(59)62-53-54(52-61-55(58)49-46-43-40-37-34-21-18-15-12-9-6-3)63-57(60)51-48-45-42-39-36-33-30-27-25-23-20-17-14-11-8-5-2/h10,13,16,19,22,24,26-31,54H,4-9,11-12,14-15,17-18,20-21,23,25,32-53H2,1-3H3/b13-10-,19-16-,24-22-,28-26-,30-27-,31-29-. The van der Waals surface area contributed by atoms with E-state index in [2.05, 4.69) is 69.4 Å². The highest BCUT2D eigenvalue weighted by molar-refractivity contribution is 5.71. The molecule has 1 atom stereocenters. The van der Waals surface area contributed by atoms with Crippen LogP contribution in [0.15, 0.2) is 72.9 Å². The zero-order valence-corrected chi connectivity index (χ0v) is 41.3. The summed E-state index contributed by atoms with van der Waals surface area (Å²) in [7, 11) is 0. The molecule has 0 saturated heterocycles. The molecule has 0 rings (SSSR count). The molecule has 0 amide bonds. The third-order valence-electron chi connectivity index (χ3n) is 11.3. The highest BCUT2D eigenvalue weighted by Gasteiger charge is 2.19. The van der Waals surface area contributed by atoms with E-state index in [0.29, 0.717) is 19.3 Å². The molecular formula is C57H98O6. The summed E-state index contributed by atoms with van der Waals surface area (Å²) in [6.45, 7) is 6.52. The van der Waals surface area contributed by atoms with Crippen LogP contribution in [0.25, 0.3) is 0 Å². The van der Waals surface area contributed by atoms with Gasteiger partial charge < -0.3 is 14.2 Å². The Morgan fingerprint density at radius 3 is 1.00 bits per heavy atom. The Hall–Kier alpha value is -3.15. The van der Waals surface area contributed by atoms with Crippen LogP contribution >= 0.6 is 0 Å². The van der Waals surface area contributed by atoms with Crippen molar-refractivity contribution in [2.24, 2.45) is 0 Å². The molecule has 0 aromatic rings. The Kier molecular flexibility index (Phi) is 48.9. The van der Waals surface area contributed by atoms with Crippen LogP contribution in [0.4, 0.5) is 0 Å². The van der Waals surface area contributed by atoms with Crippen LogP contribution in [0.5, 0.6) is 0 Å². The van der Waals surface area contributed by atoms with Gasteiger partial charge in [0.2, 0.25) is 0 Å². The third-order valence-corrected chi connectivity index (χ3v) is 11.3. The number of carbonyl (C=O) groups excluding carboxylic acids is 3. The van der Waals surface area contributed by atoms with E-state index < -0.39 is 6.10 Å². The normalized spacial score (nSPS) is 12.6. The Balaban J connectivity index is 4.43. The number of ether oxygens (including phenoxy) is 3. The van der Waals surface area contributed by atoms with Crippen LogP contribution in [0.3, 0.4) is 0 Å². The lowest BCUT2D eigenvalue weighted by molar-refractivity contribution is -0.167. The number of hydrogen-bond donors (Lipinski definition) is 0. The summed E-state index contributed by atoms with van der Waals surface area (Å²) in [5.41, 5.74) is 0. The van der Waals surface area contributed by atoms with E-state index in [9.17, 15) is 14.4 Å². The van der Waals surface area contributed by atoms with Crippen LogP contribution in [-0.2, 0) is 28.6 Å². The molecule has 0 aliphatic rings. The minimum atomic E-state index is -0.788. The van der Waals surface area contributed by atoms with Gasteiger partial charge in [0.05, 0.1) is 0 Å². The molecule has 6 nitrogen and oxygen atoms in total. The molecule has 0 aliphatic carbocycles. The van der Waals surface area contributed by atoms with Gasteiger partial charge in [-0.15, -0.1) is 0 Å². The number of carbonyl (C=O) groups is 3. The number of allylic oxidation sites excluding steroid dienone is 12. The van der Waals surface area contributed by atoms with Crippen molar-refractivity contribution in [3.8, 4) is 0 Å². The average Bonchev–Trinajstić information content (AvgIpc) is 3.28. The molecule has 362 valence electrons. The second-order valence-corrected chi connectivity index (χ2v) is 17.6.